The van der Waals surface area contributed by atoms with Gasteiger partial charge in [-0.1, -0.05) is 0 Å². The van der Waals surface area contributed by atoms with Crippen molar-refractivity contribution >= 4 is 21.9 Å². The van der Waals surface area contributed by atoms with Gasteiger partial charge < -0.3 is 9.67 Å². The first-order chi connectivity index (χ1) is 7.08. The molecule has 1 N–H and O–H groups in total. The summed E-state index contributed by atoms with van der Waals surface area (Å²) >= 11 is 3.41. The number of aromatic nitrogens is 2. The van der Waals surface area contributed by atoms with E-state index in [-0.39, 0.29) is 12.3 Å². The topological polar surface area (TPSA) is 55.1 Å². The van der Waals surface area contributed by atoms with Crippen molar-refractivity contribution in [2.24, 2.45) is 5.92 Å². The Morgan fingerprint density at radius 1 is 1.73 bits per heavy atom. The smallest absolute Gasteiger partial charge is 0.303 e. The van der Waals surface area contributed by atoms with Crippen LogP contribution in [0, 0.1) is 12.8 Å². The Balaban J connectivity index is 2.19. The third-order valence-electron chi connectivity index (χ3n) is 2.93. The number of fused-ring (bicyclic) bond motifs is 1. The van der Waals surface area contributed by atoms with Gasteiger partial charge in [0.15, 0.2) is 4.73 Å². The number of nitrogens with zero attached hydrogens (tertiary/aromatic N) is 2. The first-order valence-corrected chi connectivity index (χ1v) is 5.80. The maximum atomic E-state index is 10.6. The molecule has 4 nitrogen and oxygen atoms in total. The fraction of sp³-hybridized carbons (Fsp3) is 0.600. The lowest BCUT2D eigenvalue weighted by Gasteiger charge is -2.23. The molecule has 0 radical (unpaired) electrons. The molecule has 2 heterocycles. The highest BCUT2D eigenvalue weighted by atomic mass is 79.9. The molecule has 1 aromatic heterocycles. The molecule has 0 aromatic carbocycles. The van der Waals surface area contributed by atoms with Gasteiger partial charge in [-0.3, -0.25) is 4.79 Å². The molecule has 0 amide bonds. The lowest BCUT2D eigenvalue weighted by molar-refractivity contribution is -0.138. The van der Waals surface area contributed by atoms with Crippen molar-refractivity contribution in [1.82, 2.24) is 9.55 Å². The quantitative estimate of drug-likeness (QED) is 0.896. The third kappa shape index (κ3) is 2.07. The fourth-order valence-corrected chi connectivity index (χ4v) is 2.82. The van der Waals surface area contributed by atoms with Crippen molar-refractivity contribution in [2.75, 3.05) is 0 Å². The highest BCUT2D eigenvalue weighted by Gasteiger charge is 2.24. The van der Waals surface area contributed by atoms with Gasteiger partial charge in [0.1, 0.15) is 0 Å². The minimum absolute atomic E-state index is 0.261. The van der Waals surface area contributed by atoms with Gasteiger partial charge in [0, 0.05) is 18.7 Å². The van der Waals surface area contributed by atoms with E-state index in [2.05, 4.69) is 25.5 Å². The summed E-state index contributed by atoms with van der Waals surface area (Å²) in [5.41, 5.74) is 2.19. The molecular weight excluding hydrogens is 260 g/mol. The Hall–Kier alpha value is -0.840. The second kappa shape index (κ2) is 3.96. The van der Waals surface area contributed by atoms with Crippen LogP contribution in [0.5, 0.6) is 0 Å². The Morgan fingerprint density at radius 3 is 3.13 bits per heavy atom. The number of rotatable bonds is 2. The average Bonchev–Trinajstić information content (AvgIpc) is 2.41. The predicted octanol–water partition coefficient (Wildman–Crippen LogP) is 1.99. The molecule has 1 aliphatic heterocycles. The maximum absolute atomic E-state index is 10.6. The van der Waals surface area contributed by atoms with Gasteiger partial charge in [-0.15, -0.1) is 0 Å². The number of carboxylic acids is 1. The largest absolute Gasteiger partial charge is 0.481 e. The van der Waals surface area contributed by atoms with Crippen LogP contribution in [0.15, 0.2) is 4.73 Å². The zero-order valence-electron chi connectivity index (χ0n) is 8.53. The molecule has 0 aliphatic carbocycles. The number of carboxylic acid groups (broad SMARTS) is 1. The van der Waals surface area contributed by atoms with Crippen LogP contribution in [0.1, 0.15) is 24.2 Å². The highest BCUT2D eigenvalue weighted by molar-refractivity contribution is 9.10. The lowest BCUT2D eigenvalue weighted by Crippen LogP contribution is -2.21. The van der Waals surface area contributed by atoms with Crippen molar-refractivity contribution in [3.8, 4) is 0 Å². The van der Waals surface area contributed by atoms with Gasteiger partial charge in [-0.25, -0.2) is 4.98 Å². The van der Waals surface area contributed by atoms with E-state index in [0.717, 1.165) is 29.8 Å². The highest BCUT2D eigenvalue weighted by Crippen LogP contribution is 2.28. The summed E-state index contributed by atoms with van der Waals surface area (Å²) < 4.78 is 3.00. The number of halogens is 1. The standard InChI is InChI=1S/C10H13BrN2O2/c1-6-8-4-7(5-9(14)15)2-3-13(8)10(11)12-6/h7H,2-5H2,1H3,(H,14,15). The molecule has 5 heteroatoms. The predicted molar refractivity (Wildman–Crippen MR) is 58.7 cm³/mol. The zero-order valence-corrected chi connectivity index (χ0v) is 10.1. The molecule has 2 rings (SSSR count). The Bertz CT molecular complexity index is 400. The van der Waals surface area contributed by atoms with E-state index in [0.29, 0.717) is 0 Å². The van der Waals surface area contributed by atoms with Crippen LogP contribution in [-0.2, 0) is 17.8 Å². The van der Waals surface area contributed by atoms with Crippen LogP contribution in [0.25, 0.3) is 0 Å². The van der Waals surface area contributed by atoms with E-state index in [1.807, 2.05) is 6.92 Å². The van der Waals surface area contributed by atoms with Gasteiger partial charge in [-0.2, -0.15) is 0 Å². The summed E-state index contributed by atoms with van der Waals surface area (Å²) in [6, 6.07) is 0. The van der Waals surface area contributed by atoms with Gasteiger partial charge in [-0.05, 0) is 41.6 Å². The van der Waals surface area contributed by atoms with Crippen molar-refractivity contribution < 1.29 is 9.90 Å². The molecule has 1 aliphatic rings. The summed E-state index contributed by atoms with van der Waals surface area (Å²) in [6.45, 7) is 2.84. The minimum atomic E-state index is -0.704. The Morgan fingerprint density at radius 2 is 2.47 bits per heavy atom. The van der Waals surface area contributed by atoms with Gasteiger partial charge >= 0.3 is 5.97 Å². The number of carbonyl (C=O) groups is 1. The molecule has 1 atom stereocenters. The molecule has 82 valence electrons. The molecule has 15 heavy (non-hydrogen) atoms. The van der Waals surface area contributed by atoms with Gasteiger partial charge in [0.05, 0.1) is 5.69 Å². The van der Waals surface area contributed by atoms with Gasteiger partial charge in [0.2, 0.25) is 0 Å². The van der Waals surface area contributed by atoms with Crippen LogP contribution < -0.4 is 0 Å². The molecule has 1 unspecified atom stereocenters. The monoisotopic (exact) mass is 272 g/mol. The van der Waals surface area contributed by atoms with Gasteiger partial charge in [0.25, 0.3) is 0 Å². The SMILES string of the molecule is Cc1nc(Br)n2c1CC(CC(=O)O)CC2. The Labute approximate surface area is 96.4 Å². The third-order valence-corrected chi connectivity index (χ3v) is 3.54. The molecule has 0 saturated heterocycles. The average molecular weight is 273 g/mol. The van der Waals surface area contributed by atoms with E-state index in [1.54, 1.807) is 0 Å². The van der Waals surface area contributed by atoms with E-state index in [1.165, 1.54) is 5.69 Å². The van der Waals surface area contributed by atoms with E-state index >= 15 is 0 Å². The number of aliphatic carboxylic acids is 1. The number of hydrogen-bond acceptors (Lipinski definition) is 2. The number of hydrogen-bond donors (Lipinski definition) is 1. The van der Waals surface area contributed by atoms with E-state index in [4.69, 9.17) is 5.11 Å². The maximum Gasteiger partial charge on any atom is 0.303 e. The summed E-state index contributed by atoms with van der Waals surface area (Å²) in [5.74, 6) is -0.443. The van der Waals surface area contributed by atoms with Crippen molar-refractivity contribution in [2.45, 2.75) is 32.7 Å². The zero-order chi connectivity index (χ0) is 11.0. The first-order valence-electron chi connectivity index (χ1n) is 5.01. The summed E-state index contributed by atoms with van der Waals surface area (Å²) in [5, 5.41) is 8.76. The lowest BCUT2D eigenvalue weighted by atomic mass is 9.92. The van der Waals surface area contributed by atoms with Crippen LogP contribution in [0.2, 0.25) is 0 Å². The van der Waals surface area contributed by atoms with Crippen molar-refractivity contribution in [3.05, 3.63) is 16.1 Å². The summed E-state index contributed by atoms with van der Waals surface area (Å²) in [4.78, 5) is 15.0. The number of imidazole rings is 1. The minimum Gasteiger partial charge on any atom is -0.481 e. The second-order valence-electron chi connectivity index (χ2n) is 4.02. The van der Waals surface area contributed by atoms with Crippen molar-refractivity contribution in [1.29, 1.82) is 0 Å². The van der Waals surface area contributed by atoms with Crippen LogP contribution in [-0.4, -0.2) is 20.6 Å². The van der Waals surface area contributed by atoms with Crippen LogP contribution in [0.3, 0.4) is 0 Å². The molecular formula is C10H13BrN2O2. The normalized spacial score (nSPS) is 20.0. The second-order valence-corrected chi connectivity index (χ2v) is 4.73. The molecule has 0 saturated carbocycles. The Kier molecular flexibility index (Phi) is 2.82. The fourth-order valence-electron chi connectivity index (χ4n) is 2.16. The molecule has 0 bridgehead atoms. The van der Waals surface area contributed by atoms with Crippen LogP contribution >= 0.6 is 15.9 Å². The molecule has 1 aromatic rings. The molecule has 0 spiro atoms. The van der Waals surface area contributed by atoms with E-state index in [9.17, 15) is 4.79 Å². The number of aryl methyl sites for hydroxylation is 1. The summed E-state index contributed by atoms with van der Waals surface area (Å²) in [6.07, 6.45) is 2.02. The van der Waals surface area contributed by atoms with Crippen molar-refractivity contribution in [3.63, 3.8) is 0 Å². The van der Waals surface area contributed by atoms with Crippen LogP contribution in [0.4, 0.5) is 0 Å². The molecule has 0 fully saturated rings. The first kappa shape index (κ1) is 10.7. The van der Waals surface area contributed by atoms with E-state index < -0.39 is 5.97 Å². The summed E-state index contributed by atoms with van der Waals surface area (Å²) in [7, 11) is 0.